The first-order valence-electron chi connectivity index (χ1n) is 5.17. The molecule has 0 spiro atoms. The first-order chi connectivity index (χ1) is 6.63. The predicted octanol–water partition coefficient (Wildman–Crippen LogP) is 2.47. The highest BCUT2D eigenvalue weighted by Crippen LogP contribution is 2.39. The van der Waals surface area contributed by atoms with Crippen LogP contribution in [-0.4, -0.2) is 6.10 Å². The predicted molar refractivity (Wildman–Crippen MR) is 57.6 cm³/mol. The summed E-state index contributed by atoms with van der Waals surface area (Å²) in [5.41, 5.74) is 9.82. The van der Waals surface area contributed by atoms with Crippen molar-refractivity contribution in [3.8, 4) is 5.75 Å². The van der Waals surface area contributed by atoms with Gasteiger partial charge in [0.05, 0.1) is 6.04 Å². The highest BCUT2D eigenvalue weighted by molar-refractivity contribution is 5.48. The number of fused-ring (bicyclic) bond motifs is 1. The van der Waals surface area contributed by atoms with Gasteiger partial charge < -0.3 is 10.5 Å². The van der Waals surface area contributed by atoms with Gasteiger partial charge in [-0.3, -0.25) is 0 Å². The summed E-state index contributed by atoms with van der Waals surface area (Å²) in [6, 6.07) is 4.30. The molecular weight excluding hydrogens is 174 g/mol. The van der Waals surface area contributed by atoms with Crippen LogP contribution >= 0.6 is 0 Å². The van der Waals surface area contributed by atoms with E-state index in [-0.39, 0.29) is 12.1 Å². The van der Waals surface area contributed by atoms with Crippen molar-refractivity contribution in [2.24, 2.45) is 5.73 Å². The fourth-order valence-electron chi connectivity index (χ4n) is 2.22. The molecule has 1 heterocycles. The lowest BCUT2D eigenvalue weighted by molar-refractivity contribution is 0.202. The molecule has 2 rings (SSSR count). The number of benzene rings is 1. The van der Waals surface area contributed by atoms with E-state index in [1.54, 1.807) is 0 Å². The van der Waals surface area contributed by atoms with Gasteiger partial charge in [-0.1, -0.05) is 13.0 Å². The highest BCUT2D eigenvalue weighted by Gasteiger charge is 2.31. The van der Waals surface area contributed by atoms with E-state index >= 15 is 0 Å². The van der Waals surface area contributed by atoms with E-state index in [1.165, 1.54) is 16.7 Å². The number of nitrogens with two attached hydrogens (primary N) is 1. The van der Waals surface area contributed by atoms with Gasteiger partial charge in [-0.25, -0.2) is 0 Å². The van der Waals surface area contributed by atoms with Gasteiger partial charge in [-0.15, -0.1) is 0 Å². The van der Waals surface area contributed by atoms with E-state index in [4.69, 9.17) is 10.5 Å². The third-order valence-electron chi connectivity index (χ3n) is 2.91. The second kappa shape index (κ2) is 3.28. The van der Waals surface area contributed by atoms with E-state index < -0.39 is 0 Å². The van der Waals surface area contributed by atoms with Crippen LogP contribution in [0.3, 0.4) is 0 Å². The Labute approximate surface area is 85.1 Å². The summed E-state index contributed by atoms with van der Waals surface area (Å²) >= 11 is 0. The molecule has 1 aromatic rings. The maximum atomic E-state index is 6.13. The Kier molecular flexibility index (Phi) is 2.23. The number of hydrogen-bond acceptors (Lipinski definition) is 2. The van der Waals surface area contributed by atoms with Crippen molar-refractivity contribution < 1.29 is 4.74 Å². The summed E-state index contributed by atoms with van der Waals surface area (Å²) in [4.78, 5) is 0. The molecule has 0 amide bonds. The minimum absolute atomic E-state index is 0.0515. The Hall–Kier alpha value is -1.02. The number of aryl methyl sites for hydroxylation is 2. The van der Waals surface area contributed by atoms with Crippen LogP contribution in [0.2, 0.25) is 0 Å². The quantitative estimate of drug-likeness (QED) is 0.740. The smallest absolute Gasteiger partial charge is 0.125 e. The van der Waals surface area contributed by atoms with Gasteiger partial charge >= 0.3 is 0 Å². The van der Waals surface area contributed by atoms with Crippen molar-refractivity contribution in [1.82, 2.24) is 0 Å². The second-order valence-corrected chi connectivity index (χ2v) is 4.08. The normalized spacial score (nSPS) is 24.6. The van der Waals surface area contributed by atoms with Gasteiger partial charge in [0.15, 0.2) is 0 Å². The summed E-state index contributed by atoms with van der Waals surface area (Å²) in [6.45, 7) is 6.30. The van der Waals surface area contributed by atoms with Crippen molar-refractivity contribution in [2.45, 2.75) is 39.3 Å². The molecule has 0 aromatic heterocycles. The first kappa shape index (κ1) is 9.53. The van der Waals surface area contributed by atoms with Crippen LogP contribution in [0.4, 0.5) is 0 Å². The first-order valence-corrected chi connectivity index (χ1v) is 5.17. The SMILES string of the molecule is CCC1Oc2cc(C)cc(C)c2C1N. The molecule has 2 N–H and O–H groups in total. The summed E-state index contributed by atoms with van der Waals surface area (Å²) < 4.78 is 5.80. The Balaban J connectivity index is 2.48. The zero-order chi connectivity index (χ0) is 10.3. The van der Waals surface area contributed by atoms with Gasteiger partial charge in [-0.2, -0.15) is 0 Å². The molecule has 0 radical (unpaired) electrons. The average molecular weight is 191 g/mol. The van der Waals surface area contributed by atoms with E-state index in [1.807, 2.05) is 0 Å². The lowest BCUT2D eigenvalue weighted by atomic mass is 9.97. The van der Waals surface area contributed by atoms with E-state index in [0.717, 1.165) is 12.2 Å². The topological polar surface area (TPSA) is 35.2 Å². The van der Waals surface area contributed by atoms with Gasteiger partial charge in [0.2, 0.25) is 0 Å². The van der Waals surface area contributed by atoms with Gasteiger partial charge in [-0.05, 0) is 37.5 Å². The Bertz CT molecular complexity index is 360. The average Bonchev–Trinajstić information content (AvgIpc) is 2.42. The molecular formula is C12H17NO. The molecule has 2 atom stereocenters. The Morgan fingerprint density at radius 2 is 2.07 bits per heavy atom. The zero-order valence-corrected chi connectivity index (χ0v) is 9.00. The summed E-state index contributed by atoms with van der Waals surface area (Å²) in [5.74, 6) is 0.988. The van der Waals surface area contributed by atoms with E-state index in [2.05, 4.69) is 32.9 Å². The standard InChI is InChI=1S/C12H17NO/c1-4-9-12(13)11-8(3)5-7(2)6-10(11)14-9/h5-6,9,12H,4,13H2,1-3H3. The summed E-state index contributed by atoms with van der Waals surface area (Å²) in [7, 11) is 0. The van der Waals surface area contributed by atoms with Gasteiger partial charge in [0.25, 0.3) is 0 Å². The molecule has 1 aliphatic rings. The van der Waals surface area contributed by atoms with Crippen molar-refractivity contribution in [2.75, 3.05) is 0 Å². The lowest BCUT2D eigenvalue weighted by Gasteiger charge is -2.12. The lowest BCUT2D eigenvalue weighted by Crippen LogP contribution is -2.24. The minimum atomic E-state index is 0.0515. The third kappa shape index (κ3) is 1.30. The van der Waals surface area contributed by atoms with Crippen LogP contribution in [0.25, 0.3) is 0 Å². The van der Waals surface area contributed by atoms with E-state index in [0.29, 0.717) is 0 Å². The molecule has 1 aliphatic heterocycles. The second-order valence-electron chi connectivity index (χ2n) is 4.08. The monoisotopic (exact) mass is 191 g/mol. The summed E-state index contributed by atoms with van der Waals surface area (Å²) in [6.07, 6.45) is 1.12. The zero-order valence-electron chi connectivity index (χ0n) is 9.00. The molecule has 14 heavy (non-hydrogen) atoms. The third-order valence-corrected chi connectivity index (χ3v) is 2.91. The maximum Gasteiger partial charge on any atom is 0.125 e. The Morgan fingerprint density at radius 1 is 1.36 bits per heavy atom. The molecule has 0 bridgehead atoms. The molecule has 0 saturated carbocycles. The number of hydrogen-bond donors (Lipinski definition) is 1. The number of rotatable bonds is 1. The molecule has 1 aromatic carbocycles. The van der Waals surface area contributed by atoms with Crippen LogP contribution in [-0.2, 0) is 0 Å². The molecule has 0 aliphatic carbocycles. The van der Waals surface area contributed by atoms with Crippen LogP contribution < -0.4 is 10.5 Å². The molecule has 2 nitrogen and oxygen atoms in total. The van der Waals surface area contributed by atoms with Gasteiger partial charge in [0.1, 0.15) is 11.9 Å². The van der Waals surface area contributed by atoms with Crippen molar-refractivity contribution in [1.29, 1.82) is 0 Å². The van der Waals surface area contributed by atoms with Gasteiger partial charge in [0, 0.05) is 5.56 Å². The van der Waals surface area contributed by atoms with Crippen molar-refractivity contribution in [3.05, 3.63) is 28.8 Å². The molecule has 0 fully saturated rings. The Morgan fingerprint density at radius 3 is 2.71 bits per heavy atom. The maximum absolute atomic E-state index is 6.13. The summed E-state index contributed by atoms with van der Waals surface area (Å²) in [5, 5.41) is 0. The fraction of sp³-hybridized carbons (Fsp3) is 0.500. The molecule has 76 valence electrons. The fourth-order valence-corrected chi connectivity index (χ4v) is 2.22. The van der Waals surface area contributed by atoms with Crippen LogP contribution in [0.15, 0.2) is 12.1 Å². The highest BCUT2D eigenvalue weighted by atomic mass is 16.5. The minimum Gasteiger partial charge on any atom is -0.488 e. The largest absolute Gasteiger partial charge is 0.488 e. The van der Waals surface area contributed by atoms with Crippen LogP contribution in [0, 0.1) is 13.8 Å². The number of ether oxygens (including phenoxy) is 1. The molecule has 2 heteroatoms. The van der Waals surface area contributed by atoms with E-state index in [9.17, 15) is 0 Å². The molecule has 2 unspecified atom stereocenters. The molecule has 0 saturated heterocycles. The van der Waals surface area contributed by atoms with Crippen LogP contribution in [0.5, 0.6) is 5.75 Å². The van der Waals surface area contributed by atoms with Crippen molar-refractivity contribution in [3.63, 3.8) is 0 Å². The van der Waals surface area contributed by atoms with Crippen molar-refractivity contribution >= 4 is 0 Å². The van der Waals surface area contributed by atoms with Crippen LogP contribution in [0.1, 0.15) is 36.1 Å².